The molecule has 0 fully saturated rings. The van der Waals surface area contributed by atoms with E-state index in [1.807, 2.05) is 18.2 Å². The third kappa shape index (κ3) is 10.1. The third-order valence-electron chi connectivity index (χ3n) is 6.68. The zero-order valence-electron chi connectivity index (χ0n) is 26.4. The van der Waals surface area contributed by atoms with Crippen LogP contribution in [0.2, 0.25) is 0 Å². The number of carbonyl (C=O) groups excluding carboxylic acids is 2. The van der Waals surface area contributed by atoms with Gasteiger partial charge >= 0.3 is 6.09 Å². The Morgan fingerprint density at radius 1 is 1.09 bits per heavy atom. The highest BCUT2D eigenvalue weighted by Gasteiger charge is 2.25. The number of oxime groups is 1. The summed E-state index contributed by atoms with van der Waals surface area (Å²) >= 11 is 1.34. The van der Waals surface area contributed by atoms with E-state index in [9.17, 15) is 18.0 Å². The molecule has 47 heavy (non-hydrogen) atoms. The van der Waals surface area contributed by atoms with Gasteiger partial charge in [-0.05, 0) is 87.7 Å². The Labute approximate surface area is 277 Å². The van der Waals surface area contributed by atoms with E-state index in [2.05, 4.69) is 20.5 Å². The lowest BCUT2D eigenvalue weighted by molar-refractivity contribution is -0.116. The molecule has 1 atom stereocenters. The van der Waals surface area contributed by atoms with Crippen LogP contribution in [0.1, 0.15) is 55.8 Å². The molecule has 0 aliphatic rings. The van der Waals surface area contributed by atoms with E-state index in [1.54, 1.807) is 52.1 Å². The molecule has 0 saturated carbocycles. The molecule has 2 amide bonds. The molecule has 3 aromatic carbocycles. The van der Waals surface area contributed by atoms with Crippen LogP contribution in [0, 0.1) is 0 Å². The Bertz CT molecular complexity index is 1850. The van der Waals surface area contributed by atoms with Gasteiger partial charge in [0, 0.05) is 24.2 Å². The van der Waals surface area contributed by atoms with Crippen molar-refractivity contribution < 1.29 is 32.7 Å². The van der Waals surface area contributed by atoms with Gasteiger partial charge in [0.2, 0.25) is 15.9 Å². The highest BCUT2D eigenvalue weighted by molar-refractivity contribution is 7.89. The average Bonchev–Trinajstić information content (AvgIpc) is 3.45. The number of anilines is 1. The number of nitrogens with two attached hydrogens (primary N) is 1. The number of sulfonamides is 1. The summed E-state index contributed by atoms with van der Waals surface area (Å²) in [6, 6.07) is 17.4. The van der Waals surface area contributed by atoms with Crippen LogP contribution in [-0.4, -0.2) is 55.7 Å². The predicted octanol–water partition coefficient (Wildman–Crippen LogP) is 4.91. The number of ether oxygens (including phenoxy) is 2. The van der Waals surface area contributed by atoms with Gasteiger partial charge < -0.3 is 31.0 Å². The average molecular weight is 683 g/mol. The number of nitrogens with zero attached hydrogens (tertiary/aromatic N) is 2. The standard InChI is InChI=1S/C32H38N6O7S2/c1-32(2,3)45-31(40)34-16-6-9-28(39)35-22-10-13-24(14-11-22)47(42,43)38-26(18-20-7-5-8-21(17-20)29(33)37-41)30-36-25-15-12-23(44-4)19-27(25)46-30/h5,7-8,10-15,17,19,26,38,41H,6,9,16,18H2,1-4H3,(H2,33,37)(H,34,40)(H,35,39). The van der Waals surface area contributed by atoms with Crippen LogP contribution in [0.3, 0.4) is 0 Å². The lowest BCUT2D eigenvalue weighted by atomic mass is 10.0. The van der Waals surface area contributed by atoms with Crippen molar-refractivity contribution in [3.8, 4) is 5.75 Å². The number of nitrogens with one attached hydrogen (secondary N) is 3. The number of rotatable bonds is 13. The van der Waals surface area contributed by atoms with E-state index in [0.29, 0.717) is 33.9 Å². The van der Waals surface area contributed by atoms with Crippen molar-refractivity contribution in [3.05, 3.63) is 82.9 Å². The lowest BCUT2D eigenvalue weighted by Gasteiger charge is -2.19. The Morgan fingerprint density at radius 3 is 2.51 bits per heavy atom. The maximum absolute atomic E-state index is 13.6. The first-order valence-corrected chi connectivity index (χ1v) is 17.0. The summed E-state index contributed by atoms with van der Waals surface area (Å²) in [5.74, 6) is 0.299. The van der Waals surface area contributed by atoms with Crippen molar-refractivity contribution in [2.24, 2.45) is 10.9 Å². The number of hydrogen-bond acceptors (Lipinski definition) is 10. The van der Waals surface area contributed by atoms with Gasteiger partial charge in [0.1, 0.15) is 16.4 Å². The largest absolute Gasteiger partial charge is 0.497 e. The molecule has 0 radical (unpaired) electrons. The van der Waals surface area contributed by atoms with E-state index in [1.165, 1.54) is 35.6 Å². The fourth-order valence-electron chi connectivity index (χ4n) is 4.48. The number of alkyl carbamates (subject to hydrolysis) is 1. The monoisotopic (exact) mass is 682 g/mol. The van der Waals surface area contributed by atoms with Crippen LogP contribution in [0.25, 0.3) is 10.2 Å². The van der Waals surface area contributed by atoms with Crippen LogP contribution >= 0.6 is 11.3 Å². The van der Waals surface area contributed by atoms with E-state index in [0.717, 1.165) is 10.3 Å². The number of thiazole rings is 1. The molecule has 15 heteroatoms. The normalized spacial score (nSPS) is 12.8. The predicted molar refractivity (Wildman–Crippen MR) is 180 cm³/mol. The van der Waals surface area contributed by atoms with Crippen LogP contribution in [0.5, 0.6) is 5.75 Å². The number of methoxy groups -OCH3 is 1. The Balaban J connectivity index is 1.47. The number of amides is 2. The molecule has 0 bridgehead atoms. The quantitative estimate of drug-likeness (QED) is 0.0428. The first-order chi connectivity index (χ1) is 22.3. The molecule has 4 aromatic rings. The maximum atomic E-state index is 13.6. The van der Waals surface area contributed by atoms with Gasteiger partial charge in [-0.1, -0.05) is 23.4 Å². The van der Waals surface area contributed by atoms with Crippen molar-refractivity contribution >= 4 is 55.1 Å². The third-order valence-corrected chi connectivity index (χ3v) is 9.29. The second-order valence-corrected chi connectivity index (χ2v) is 14.3. The molecule has 0 saturated heterocycles. The summed E-state index contributed by atoms with van der Waals surface area (Å²) in [5.41, 5.74) is 7.51. The number of hydrogen-bond donors (Lipinski definition) is 5. The van der Waals surface area contributed by atoms with Gasteiger partial charge in [-0.3, -0.25) is 4.79 Å². The van der Waals surface area contributed by atoms with Crippen molar-refractivity contribution in [3.63, 3.8) is 0 Å². The van der Waals surface area contributed by atoms with Gasteiger partial charge in [0.25, 0.3) is 0 Å². The van der Waals surface area contributed by atoms with Gasteiger partial charge in [0.05, 0.1) is 28.3 Å². The van der Waals surface area contributed by atoms with Crippen molar-refractivity contribution in [1.82, 2.24) is 15.0 Å². The smallest absolute Gasteiger partial charge is 0.407 e. The highest BCUT2D eigenvalue weighted by atomic mass is 32.2. The number of aromatic nitrogens is 1. The Kier molecular flexibility index (Phi) is 11.4. The molecule has 6 N–H and O–H groups in total. The molecule has 0 aliphatic heterocycles. The Hall–Kier alpha value is -4.73. The van der Waals surface area contributed by atoms with Crippen molar-refractivity contribution in [2.75, 3.05) is 19.0 Å². The number of carbonyl (C=O) groups is 2. The van der Waals surface area contributed by atoms with Gasteiger partial charge in [0.15, 0.2) is 5.84 Å². The van der Waals surface area contributed by atoms with E-state index >= 15 is 0 Å². The summed E-state index contributed by atoms with van der Waals surface area (Å²) in [4.78, 5) is 28.9. The number of benzene rings is 3. The van der Waals surface area contributed by atoms with Gasteiger partial charge in [-0.15, -0.1) is 11.3 Å². The van der Waals surface area contributed by atoms with Crippen LogP contribution < -0.4 is 25.8 Å². The molecule has 13 nitrogen and oxygen atoms in total. The van der Waals surface area contributed by atoms with Crippen LogP contribution in [0.15, 0.2) is 76.8 Å². The highest BCUT2D eigenvalue weighted by Crippen LogP contribution is 2.32. The molecule has 0 aliphatic carbocycles. The minimum atomic E-state index is -4.05. The van der Waals surface area contributed by atoms with Crippen molar-refractivity contribution in [2.45, 2.75) is 56.6 Å². The van der Waals surface area contributed by atoms with E-state index < -0.39 is 27.8 Å². The lowest BCUT2D eigenvalue weighted by Crippen LogP contribution is -2.33. The first kappa shape index (κ1) is 35.1. The summed E-state index contributed by atoms with van der Waals surface area (Å²) in [7, 11) is -2.49. The molecule has 1 heterocycles. The van der Waals surface area contributed by atoms with Gasteiger partial charge in [-0.2, -0.15) is 0 Å². The van der Waals surface area contributed by atoms with Crippen molar-refractivity contribution in [1.29, 1.82) is 0 Å². The minimum Gasteiger partial charge on any atom is -0.497 e. The SMILES string of the molecule is COc1ccc2nc(C(Cc3cccc(/C(N)=N\O)c3)NS(=O)(=O)c3ccc(NC(=O)CCCNC(=O)OC(C)(C)C)cc3)sc2c1. The number of fused-ring (bicyclic) bond motifs is 1. The Morgan fingerprint density at radius 2 is 1.83 bits per heavy atom. The first-order valence-electron chi connectivity index (χ1n) is 14.7. The molecular formula is C32H38N6O7S2. The fraction of sp³-hybridized carbons (Fsp3) is 0.312. The summed E-state index contributed by atoms with van der Waals surface area (Å²) < 4.78 is 41.4. The second-order valence-electron chi connectivity index (χ2n) is 11.6. The second kappa shape index (κ2) is 15.2. The number of amidine groups is 1. The zero-order valence-corrected chi connectivity index (χ0v) is 28.1. The molecular weight excluding hydrogens is 645 g/mol. The molecule has 0 spiro atoms. The minimum absolute atomic E-state index is 0.00440. The maximum Gasteiger partial charge on any atom is 0.407 e. The summed E-state index contributed by atoms with van der Waals surface area (Å²) in [6.45, 7) is 5.55. The zero-order chi connectivity index (χ0) is 34.2. The van der Waals surface area contributed by atoms with Crippen LogP contribution in [-0.2, 0) is 26.0 Å². The summed E-state index contributed by atoms with van der Waals surface area (Å²) in [6.07, 6.45) is 0.205. The van der Waals surface area contributed by atoms with E-state index in [4.69, 9.17) is 25.4 Å². The summed E-state index contributed by atoms with van der Waals surface area (Å²) in [5, 5.41) is 18.1. The molecule has 250 valence electrons. The van der Waals surface area contributed by atoms with Gasteiger partial charge in [-0.25, -0.2) is 22.9 Å². The fourth-order valence-corrected chi connectivity index (χ4v) is 6.80. The molecule has 1 aromatic heterocycles. The van der Waals surface area contributed by atoms with Crippen LogP contribution in [0.4, 0.5) is 10.5 Å². The molecule has 4 rings (SSSR count). The topological polar surface area (TPSA) is 194 Å². The molecule has 1 unspecified atom stereocenters. The van der Waals surface area contributed by atoms with E-state index in [-0.39, 0.29) is 36.0 Å².